The van der Waals surface area contributed by atoms with Crippen molar-refractivity contribution >= 4 is 54.7 Å². The van der Waals surface area contributed by atoms with E-state index in [0.29, 0.717) is 0 Å². The fraction of sp³-hybridized carbons (Fsp3) is 0.0476. The van der Waals surface area contributed by atoms with Crippen LogP contribution in [0.1, 0.15) is 12.5 Å². The summed E-state index contributed by atoms with van der Waals surface area (Å²) in [6.45, 7) is 2.39. The van der Waals surface area contributed by atoms with Crippen molar-refractivity contribution in [3.05, 3.63) is 260 Å². The molecule has 0 fully saturated rings. The van der Waals surface area contributed by atoms with E-state index in [2.05, 4.69) is 271 Å². The minimum absolute atomic E-state index is 0.0604. The lowest BCUT2D eigenvalue weighted by atomic mass is 9.72. The predicted molar refractivity (Wildman–Crippen MR) is 277 cm³/mol. The maximum Gasteiger partial charge on any atom is 0.0654 e. The van der Waals surface area contributed by atoms with Crippen LogP contribution in [0.5, 0.6) is 0 Å². The van der Waals surface area contributed by atoms with Gasteiger partial charge in [-0.2, -0.15) is 0 Å². The Balaban J connectivity index is 1.02. The zero-order valence-corrected chi connectivity index (χ0v) is 36.2. The quantitative estimate of drug-likeness (QED) is 0.139. The van der Waals surface area contributed by atoms with Crippen LogP contribution in [0.25, 0.3) is 82.4 Å². The standard InChI is InChI=1S/C63H46N2/c1-63(49-36-30-45(31-37-49)44-17-4-2-5-18-44)42-15-14-29-62(63)65(51-38-32-47(33-39-51)53-25-16-26-55-52-22-9-8-19-46(52)34-40-56(53)55)59-27-12-10-23-54(59)48-35-41-61-58(43-48)57-24-11-13-28-60(57)64(61)50-20-6-3-7-21-50/h2-43,62H,1H3. The van der Waals surface area contributed by atoms with E-state index in [1.54, 1.807) is 0 Å². The molecule has 0 amide bonds. The largest absolute Gasteiger partial charge is 0.333 e. The van der Waals surface area contributed by atoms with Gasteiger partial charge in [-0.05, 0) is 110 Å². The first-order chi connectivity index (χ1) is 32.1. The Labute approximate surface area is 380 Å². The van der Waals surface area contributed by atoms with Crippen molar-refractivity contribution in [2.24, 2.45) is 0 Å². The molecule has 2 heteroatoms. The van der Waals surface area contributed by atoms with Crippen molar-refractivity contribution in [1.82, 2.24) is 4.57 Å². The number of nitrogens with zero attached hydrogens (tertiary/aromatic N) is 2. The maximum atomic E-state index is 2.58. The van der Waals surface area contributed by atoms with Gasteiger partial charge in [0, 0.05) is 38.8 Å². The second-order valence-corrected chi connectivity index (χ2v) is 17.5. The van der Waals surface area contributed by atoms with Crippen molar-refractivity contribution in [3.8, 4) is 39.1 Å². The molecule has 0 bridgehead atoms. The molecule has 0 saturated heterocycles. The number of benzene rings is 10. The molecule has 10 aromatic carbocycles. The highest BCUT2D eigenvalue weighted by atomic mass is 15.2. The van der Waals surface area contributed by atoms with Gasteiger partial charge in [-0.15, -0.1) is 0 Å². The topological polar surface area (TPSA) is 8.17 Å². The van der Waals surface area contributed by atoms with Gasteiger partial charge in [-0.1, -0.05) is 206 Å². The molecule has 308 valence electrons. The second kappa shape index (κ2) is 15.9. The van der Waals surface area contributed by atoms with Gasteiger partial charge < -0.3 is 9.47 Å². The van der Waals surface area contributed by atoms with Gasteiger partial charge in [0.1, 0.15) is 0 Å². The zero-order chi connectivity index (χ0) is 43.3. The number of anilines is 2. The second-order valence-electron chi connectivity index (χ2n) is 17.5. The number of hydrogen-bond acceptors (Lipinski definition) is 1. The van der Waals surface area contributed by atoms with Gasteiger partial charge in [-0.25, -0.2) is 0 Å². The van der Waals surface area contributed by atoms with E-state index >= 15 is 0 Å². The van der Waals surface area contributed by atoms with Crippen LogP contribution in [-0.4, -0.2) is 10.6 Å². The highest BCUT2D eigenvalue weighted by molar-refractivity contribution is 6.13. The molecule has 1 aromatic heterocycles. The van der Waals surface area contributed by atoms with Crippen LogP contribution in [0, 0.1) is 0 Å². The predicted octanol–water partition coefficient (Wildman–Crippen LogP) is 16.7. The van der Waals surface area contributed by atoms with Crippen molar-refractivity contribution in [3.63, 3.8) is 0 Å². The molecular formula is C63H46N2. The average Bonchev–Trinajstić information content (AvgIpc) is 3.71. The highest BCUT2D eigenvalue weighted by Crippen LogP contribution is 2.46. The zero-order valence-electron chi connectivity index (χ0n) is 36.2. The van der Waals surface area contributed by atoms with Crippen LogP contribution in [0.4, 0.5) is 11.4 Å². The van der Waals surface area contributed by atoms with Gasteiger partial charge in [-0.3, -0.25) is 0 Å². The summed E-state index contributed by atoms with van der Waals surface area (Å²) in [5.74, 6) is 0. The van der Waals surface area contributed by atoms with Crippen LogP contribution in [0.3, 0.4) is 0 Å². The third kappa shape index (κ3) is 6.57. The first kappa shape index (κ1) is 38.5. The summed E-state index contributed by atoms with van der Waals surface area (Å²) in [6.07, 6.45) is 9.22. The van der Waals surface area contributed by atoms with Crippen molar-refractivity contribution in [2.45, 2.75) is 18.4 Å². The van der Waals surface area contributed by atoms with E-state index in [0.717, 1.165) is 17.1 Å². The average molecular weight is 831 g/mol. The molecule has 0 radical (unpaired) electrons. The molecule has 2 unspecified atom stereocenters. The Hall–Kier alpha value is -8.20. The van der Waals surface area contributed by atoms with E-state index in [1.165, 1.54) is 82.3 Å². The van der Waals surface area contributed by atoms with Gasteiger partial charge in [0.15, 0.2) is 0 Å². The van der Waals surface area contributed by atoms with Crippen LogP contribution in [-0.2, 0) is 5.41 Å². The van der Waals surface area contributed by atoms with Crippen LogP contribution in [0.15, 0.2) is 255 Å². The molecule has 12 rings (SSSR count). The summed E-state index contributed by atoms with van der Waals surface area (Å²) in [7, 11) is 0. The normalized spacial score (nSPS) is 15.9. The Morgan fingerprint density at radius 2 is 1.05 bits per heavy atom. The van der Waals surface area contributed by atoms with Crippen LogP contribution in [0.2, 0.25) is 0 Å². The maximum absolute atomic E-state index is 2.58. The van der Waals surface area contributed by atoms with Crippen molar-refractivity contribution in [2.75, 3.05) is 4.90 Å². The van der Waals surface area contributed by atoms with Crippen molar-refractivity contribution < 1.29 is 0 Å². The SMILES string of the molecule is CC1(c2ccc(-c3ccccc3)cc2)C=CC=CC1N(c1ccc(-c2cccc3c2ccc2ccccc23)cc1)c1ccccc1-c1ccc2c(c1)c1ccccc1n2-c1ccccc1. The summed E-state index contributed by atoms with van der Waals surface area (Å²) >= 11 is 0. The molecule has 0 aliphatic heterocycles. The third-order valence-corrected chi connectivity index (χ3v) is 13.8. The summed E-state index contributed by atoms with van der Waals surface area (Å²) in [5, 5.41) is 7.55. The Kier molecular flexibility index (Phi) is 9.39. The first-order valence-electron chi connectivity index (χ1n) is 22.6. The summed E-state index contributed by atoms with van der Waals surface area (Å²) in [5.41, 5.74) is 14.0. The van der Waals surface area contributed by atoms with Crippen LogP contribution < -0.4 is 4.90 Å². The summed E-state index contributed by atoms with van der Waals surface area (Å²) < 4.78 is 2.39. The lowest BCUT2D eigenvalue weighted by Gasteiger charge is -2.45. The Morgan fingerprint density at radius 3 is 1.88 bits per heavy atom. The molecule has 1 aliphatic carbocycles. The monoisotopic (exact) mass is 830 g/mol. The van der Waals surface area contributed by atoms with Crippen LogP contribution >= 0.6 is 0 Å². The number of aromatic nitrogens is 1. The number of para-hydroxylation sites is 3. The lowest BCUT2D eigenvalue weighted by molar-refractivity contribution is 0.511. The van der Waals surface area contributed by atoms with Gasteiger partial charge in [0.05, 0.1) is 17.1 Å². The molecule has 0 spiro atoms. The van der Waals surface area contributed by atoms with E-state index in [9.17, 15) is 0 Å². The minimum atomic E-state index is -0.375. The molecule has 2 atom stereocenters. The van der Waals surface area contributed by atoms with E-state index < -0.39 is 0 Å². The summed E-state index contributed by atoms with van der Waals surface area (Å²) in [6, 6.07) is 84.5. The first-order valence-corrected chi connectivity index (χ1v) is 22.6. The lowest BCUT2D eigenvalue weighted by Crippen LogP contribution is -2.46. The Morgan fingerprint density at radius 1 is 0.415 bits per heavy atom. The molecular weight excluding hydrogens is 785 g/mol. The molecule has 2 nitrogen and oxygen atoms in total. The van der Waals surface area contributed by atoms with E-state index in [4.69, 9.17) is 0 Å². The molecule has 1 heterocycles. The Bertz CT molecular complexity index is 3600. The number of hydrogen-bond donors (Lipinski definition) is 0. The smallest absolute Gasteiger partial charge is 0.0654 e. The van der Waals surface area contributed by atoms with Gasteiger partial charge in [0.25, 0.3) is 0 Å². The molecule has 65 heavy (non-hydrogen) atoms. The number of rotatable bonds is 8. The van der Waals surface area contributed by atoms with Gasteiger partial charge >= 0.3 is 0 Å². The fourth-order valence-electron chi connectivity index (χ4n) is 10.5. The molecule has 11 aromatic rings. The number of allylic oxidation sites excluding steroid dienone is 2. The molecule has 1 aliphatic rings. The third-order valence-electron chi connectivity index (χ3n) is 13.8. The van der Waals surface area contributed by atoms with Crippen molar-refractivity contribution in [1.29, 1.82) is 0 Å². The fourth-order valence-corrected chi connectivity index (χ4v) is 10.5. The van der Waals surface area contributed by atoms with E-state index in [1.807, 2.05) is 0 Å². The summed E-state index contributed by atoms with van der Waals surface area (Å²) in [4.78, 5) is 2.58. The minimum Gasteiger partial charge on any atom is -0.333 e. The van der Waals surface area contributed by atoms with E-state index in [-0.39, 0.29) is 11.5 Å². The molecule has 0 saturated carbocycles. The molecule has 0 N–H and O–H groups in total. The number of fused-ring (bicyclic) bond motifs is 6. The highest BCUT2D eigenvalue weighted by Gasteiger charge is 2.39. The van der Waals surface area contributed by atoms with Gasteiger partial charge in [0.2, 0.25) is 0 Å².